The number of piperazine rings is 1. The summed E-state index contributed by atoms with van der Waals surface area (Å²) in [6.07, 6.45) is 1.62. The number of carbonyl (C=O) groups is 1. The van der Waals surface area contributed by atoms with Gasteiger partial charge in [0.05, 0.1) is 17.1 Å². The van der Waals surface area contributed by atoms with Crippen molar-refractivity contribution >= 4 is 27.4 Å². The third kappa shape index (κ3) is 3.86. The lowest BCUT2D eigenvalue weighted by Crippen LogP contribution is -2.53. The third-order valence-corrected chi connectivity index (χ3v) is 7.25. The summed E-state index contributed by atoms with van der Waals surface area (Å²) in [7, 11) is -3.50. The van der Waals surface area contributed by atoms with Crippen LogP contribution in [0.3, 0.4) is 0 Å². The first kappa shape index (κ1) is 17.9. The summed E-state index contributed by atoms with van der Waals surface area (Å²) < 4.78 is 27.0. The van der Waals surface area contributed by atoms with Crippen LogP contribution in [0.4, 0.5) is 4.79 Å². The molecule has 0 unspecified atom stereocenters. The van der Waals surface area contributed by atoms with Gasteiger partial charge in [0.2, 0.25) is 10.0 Å². The van der Waals surface area contributed by atoms with Crippen LogP contribution in [0.25, 0.3) is 0 Å². The highest BCUT2D eigenvalue weighted by atomic mass is 32.2. The molecule has 2 amide bonds. The molecule has 0 saturated carbocycles. The highest BCUT2D eigenvalue weighted by molar-refractivity contribution is 7.89. The molecule has 2 aromatic rings. The quantitative estimate of drug-likeness (QED) is 0.831. The molecule has 3 rings (SSSR count). The number of H-pyrrole nitrogens is 1. The van der Waals surface area contributed by atoms with Gasteiger partial charge in [0, 0.05) is 42.1 Å². The van der Waals surface area contributed by atoms with Crippen molar-refractivity contribution in [3.63, 3.8) is 0 Å². The van der Waals surface area contributed by atoms with Crippen molar-refractivity contribution in [2.45, 2.75) is 25.3 Å². The number of thiophene rings is 1. The van der Waals surface area contributed by atoms with Gasteiger partial charge < -0.3 is 10.2 Å². The third-order valence-electron chi connectivity index (χ3n) is 4.13. The average molecular weight is 383 g/mol. The first-order chi connectivity index (χ1) is 11.9. The van der Waals surface area contributed by atoms with Gasteiger partial charge in [0.15, 0.2) is 0 Å². The van der Waals surface area contributed by atoms with E-state index in [-0.39, 0.29) is 6.03 Å². The molecule has 1 aliphatic heterocycles. The van der Waals surface area contributed by atoms with Crippen molar-refractivity contribution in [3.8, 4) is 0 Å². The molecule has 3 heterocycles. The number of rotatable bonds is 4. The highest BCUT2D eigenvalue weighted by Gasteiger charge is 2.31. The lowest BCUT2D eigenvalue weighted by atomic mass is 10.4. The molecule has 2 aromatic heterocycles. The van der Waals surface area contributed by atoms with Crippen LogP contribution in [0, 0.1) is 13.8 Å². The predicted octanol–water partition coefficient (Wildman–Crippen LogP) is 1.30. The lowest BCUT2D eigenvalue weighted by Gasteiger charge is -2.33. The van der Waals surface area contributed by atoms with E-state index in [2.05, 4.69) is 15.5 Å². The largest absolute Gasteiger partial charge is 0.332 e. The van der Waals surface area contributed by atoms with Crippen molar-refractivity contribution in [2.24, 2.45) is 0 Å². The second kappa shape index (κ2) is 7.14. The number of amides is 2. The van der Waals surface area contributed by atoms with Gasteiger partial charge in [-0.1, -0.05) is 0 Å². The van der Waals surface area contributed by atoms with E-state index >= 15 is 0 Å². The van der Waals surface area contributed by atoms with Crippen LogP contribution in [0.15, 0.2) is 23.2 Å². The molecule has 1 saturated heterocycles. The summed E-state index contributed by atoms with van der Waals surface area (Å²) in [5.41, 5.74) is 0.817. The smallest absolute Gasteiger partial charge is 0.317 e. The van der Waals surface area contributed by atoms with Crippen LogP contribution in [0.5, 0.6) is 0 Å². The van der Waals surface area contributed by atoms with Gasteiger partial charge in [0.25, 0.3) is 0 Å². The summed E-state index contributed by atoms with van der Waals surface area (Å²) in [5, 5.41) is 9.40. The second-order valence-corrected chi connectivity index (χ2v) is 9.28. The molecule has 0 aromatic carbocycles. The Kier molecular flexibility index (Phi) is 5.11. The van der Waals surface area contributed by atoms with Crippen LogP contribution < -0.4 is 5.32 Å². The lowest BCUT2D eigenvalue weighted by molar-refractivity contribution is 0.172. The maximum atomic E-state index is 12.8. The SMILES string of the molecule is Cc1cc(S(=O)(=O)N2CCN(C(=O)NCc3ccn[nH]3)CC2)c(C)s1. The van der Waals surface area contributed by atoms with Crippen molar-refractivity contribution in [1.82, 2.24) is 24.7 Å². The van der Waals surface area contributed by atoms with E-state index in [4.69, 9.17) is 0 Å². The predicted molar refractivity (Wildman–Crippen MR) is 94.9 cm³/mol. The first-order valence-corrected chi connectivity index (χ1v) is 10.2. The number of urea groups is 1. The average Bonchev–Trinajstić information content (AvgIpc) is 3.22. The number of hydrogen-bond donors (Lipinski definition) is 2. The summed E-state index contributed by atoms with van der Waals surface area (Å²) in [4.78, 5) is 16.0. The minimum absolute atomic E-state index is 0.200. The fraction of sp³-hybridized carbons (Fsp3) is 0.467. The number of aryl methyl sites for hydroxylation is 2. The zero-order valence-corrected chi connectivity index (χ0v) is 15.8. The summed E-state index contributed by atoms with van der Waals surface area (Å²) >= 11 is 1.48. The summed E-state index contributed by atoms with van der Waals surface area (Å²) in [5.74, 6) is 0. The van der Waals surface area contributed by atoms with Gasteiger partial charge in [-0.15, -0.1) is 11.3 Å². The molecule has 10 heteroatoms. The maximum Gasteiger partial charge on any atom is 0.317 e. The number of aromatic nitrogens is 2. The maximum absolute atomic E-state index is 12.8. The number of sulfonamides is 1. The van der Waals surface area contributed by atoms with Gasteiger partial charge in [0.1, 0.15) is 0 Å². The van der Waals surface area contributed by atoms with Gasteiger partial charge in [-0.25, -0.2) is 13.2 Å². The summed E-state index contributed by atoms with van der Waals surface area (Å²) in [6, 6.07) is 3.31. The molecule has 2 N–H and O–H groups in total. The molecule has 0 radical (unpaired) electrons. The summed E-state index contributed by atoms with van der Waals surface area (Å²) in [6.45, 7) is 5.43. The number of nitrogens with one attached hydrogen (secondary N) is 2. The van der Waals surface area contributed by atoms with Gasteiger partial charge in [-0.2, -0.15) is 9.40 Å². The minimum Gasteiger partial charge on any atom is -0.332 e. The molecule has 1 fully saturated rings. The van der Waals surface area contributed by atoms with Crippen LogP contribution >= 0.6 is 11.3 Å². The molecule has 0 atom stereocenters. The Labute approximate surface area is 150 Å². The van der Waals surface area contributed by atoms with Gasteiger partial charge in [-0.3, -0.25) is 5.10 Å². The number of aromatic amines is 1. The molecular weight excluding hydrogens is 362 g/mol. The molecule has 25 heavy (non-hydrogen) atoms. The Morgan fingerprint density at radius 3 is 2.60 bits per heavy atom. The Morgan fingerprint density at radius 2 is 2.04 bits per heavy atom. The molecule has 8 nitrogen and oxygen atoms in total. The number of nitrogens with zero attached hydrogens (tertiary/aromatic N) is 3. The molecular formula is C15H21N5O3S2. The van der Waals surface area contributed by atoms with Crippen molar-refractivity contribution in [1.29, 1.82) is 0 Å². The topological polar surface area (TPSA) is 98.4 Å². The normalized spacial score (nSPS) is 16.2. The van der Waals surface area contributed by atoms with Crippen LogP contribution in [0.2, 0.25) is 0 Å². The number of hydrogen-bond acceptors (Lipinski definition) is 5. The fourth-order valence-electron chi connectivity index (χ4n) is 2.80. The molecule has 0 aliphatic carbocycles. The molecule has 1 aliphatic rings. The van der Waals surface area contributed by atoms with E-state index in [0.29, 0.717) is 37.6 Å². The van der Waals surface area contributed by atoms with E-state index in [1.807, 2.05) is 13.8 Å². The zero-order chi connectivity index (χ0) is 18.0. The molecule has 136 valence electrons. The fourth-order valence-corrected chi connectivity index (χ4v) is 5.75. The Balaban J connectivity index is 1.57. The van der Waals surface area contributed by atoms with Crippen molar-refractivity contribution < 1.29 is 13.2 Å². The second-order valence-electron chi connectivity index (χ2n) is 5.91. The minimum atomic E-state index is -3.50. The van der Waals surface area contributed by atoms with Gasteiger partial charge >= 0.3 is 6.03 Å². The van der Waals surface area contributed by atoms with E-state index in [0.717, 1.165) is 15.4 Å². The van der Waals surface area contributed by atoms with E-state index in [1.165, 1.54) is 15.6 Å². The van der Waals surface area contributed by atoms with Crippen LogP contribution in [-0.2, 0) is 16.6 Å². The zero-order valence-electron chi connectivity index (χ0n) is 14.2. The monoisotopic (exact) mass is 383 g/mol. The Hall–Kier alpha value is -1.91. The van der Waals surface area contributed by atoms with Gasteiger partial charge in [-0.05, 0) is 26.0 Å². The molecule has 0 spiro atoms. The number of carbonyl (C=O) groups excluding carboxylic acids is 1. The first-order valence-electron chi connectivity index (χ1n) is 7.96. The highest BCUT2D eigenvalue weighted by Crippen LogP contribution is 2.28. The van der Waals surface area contributed by atoms with Crippen LogP contribution in [-0.4, -0.2) is 60.0 Å². The van der Waals surface area contributed by atoms with Crippen LogP contribution in [0.1, 0.15) is 15.4 Å². The Bertz CT molecular complexity index is 837. The van der Waals surface area contributed by atoms with E-state index in [9.17, 15) is 13.2 Å². The van der Waals surface area contributed by atoms with E-state index < -0.39 is 10.0 Å². The Morgan fingerprint density at radius 1 is 1.32 bits per heavy atom. The van der Waals surface area contributed by atoms with E-state index in [1.54, 1.807) is 23.2 Å². The standard InChI is InChI=1S/C15H21N5O3S2/c1-11-9-14(12(2)24-11)25(22,23)20-7-5-19(6-8-20)15(21)16-10-13-3-4-17-18-13/h3-4,9H,5-8,10H2,1-2H3,(H,16,21)(H,17,18). The molecule has 0 bridgehead atoms. The van der Waals surface area contributed by atoms with Crippen molar-refractivity contribution in [2.75, 3.05) is 26.2 Å². The van der Waals surface area contributed by atoms with Crippen molar-refractivity contribution in [3.05, 3.63) is 33.8 Å².